The van der Waals surface area contributed by atoms with Crippen molar-refractivity contribution in [1.29, 1.82) is 0 Å². The van der Waals surface area contributed by atoms with E-state index in [0.717, 1.165) is 41.7 Å². The number of hydrogen-bond donors (Lipinski definition) is 1. The van der Waals surface area contributed by atoms with Crippen LogP contribution < -0.4 is 14.8 Å². The summed E-state index contributed by atoms with van der Waals surface area (Å²) >= 11 is 1.39. The molecule has 1 amide bonds. The number of anilines is 1. The number of amides is 1. The van der Waals surface area contributed by atoms with Crippen LogP contribution in [0.4, 0.5) is 5.00 Å². The third kappa shape index (κ3) is 5.54. The third-order valence-electron chi connectivity index (χ3n) is 5.13. The smallest absolute Gasteiger partial charge is 0.341 e. The van der Waals surface area contributed by atoms with E-state index in [2.05, 4.69) is 5.32 Å². The first-order valence-electron chi connectivity index (χ1n) is 10.8. The Bertz CT molecular complexity index is 1100. The molecule has 8 nitrogen and oxygen atoms in total. The lowest BCUT2D eigenvalue weighted by atomic mass is 9.95. The maximum Gasteiger partial charge on any atom is 0.341 e. The lowest BCUT2D eigenvalue weighted by Gasteiger charge is -2.14. The fourth-order valence-corrected chi connectivity index (χ4v) is 4.97. The molecule has 0 bridgehead atoms. The molecular formula is C24H25NO7S. The molecule has 0 unspecified atom stereocenters. The summed E-state index contributed by atoms with van der Waals surface area (Å²) < 4.78 is 21.0. The van der Waals surface area contributed by atoms with Gasteiger partial charge >= 0.3 is 11.9 Å². The van der Waals surface area contributed by atoms with Crippen molar-refractivity contribution in [3.8, 4) is 11.5 Å². The molecule has 0 atom stereocenters. The molecule has 0 spiro atoms. The van der Waals surface area contributed by atoms with Gasteiger partial charge in [-0.05, 0) is 68.9 Å². The molecule has 33 heavy (non-hydrogen) atoms. The van der Waals surface area contributed by atoms with E-state index < -0.39 is 24.5 Å². The van der Waals surface area contributed by atoms with E-state index in [0.29, 0.717) is 22.1 Å². The summed E-state index contributed by atoms with van der Waals surface area (Å²) in [7, 11) is 0. The van der Waals surface area contributed by atoms with Crippen molar-refractivity contribution in [1.82, 2.24) is 0 Å². The maximum atomic E-state index is 12.7. The molecule has 9 heteroatoms. The van der Waals surface area contributed by atoms with E-state index in [4.69, 9.17) is 18.9 Å². The first-order valence-corrected chi connectivity index (χ1v) is 11.6. The van der Waals surface area contributed by atoms with Gasteiger partial charge in [-0.25, -0.2) is 9.59 Å². The van der Waals surface area contributed by atoms with Gasteiger partial charge in [-0.3, -0.25) is 4.79 Å². The Morgan fingerprint density at radius 1 is 1.15 bits per heavy atom. The highest BCUT2D eigenvalue weighted by molar-refractivity contribution is 7.17. The van der Waals surface area contributed by atoms with Crippen LogP contribution in [0.25, 0.3) is 6.08 Å². The molecule has 0 fully saturated rings. The van der Waals surface area contributed by atoms with E-state index in [1.165, 1.54) is 17.4 Å². The molecule has 1 aromatic carbocycles. The van der Waals surface area contributed by atoms with Crippen LogP contribution in [0.15, 0.2) is 24.3 Å². The predicted molar refractivity (Wildman–Crippen MR) is 123 cm³/mol. The Balaban J connectivity index is 1.36. The SMILES string of the molecule is CC(C)OC(=O)c1c(NC(=O)COC(=O)C=Cc2ccc3c(c2)OCO3)sc2c1CCCC2. The summed E-state index contributed by atoms with van der Waals surface area (Å²) in [5.74, 6) is -0.359. The average molecular weight is 472 g/mol. The summed E-state index contributed by atoms with van der Waals surface area (Å²) in [6.45, 7) is 3.27. The Morgan fingerprint density at radius 3 is 2.76 bits per heavy atom. The Hall–Kier alpha value is -3.33. The van der Waals surface area contributed by atoms with E-state index in [1.807, 2.05) is 0 Å². The van der Waals surface area contributed by atoms with Crippen molar-refractivity contribution < 1.29 is 33.3 Å². The van der Waals surface area contributed by atoms with Crippen LogP contribution in [0.3, 0.4) is 0 Å². The van der Waals surface area contributed by atoms with Gasteiger partial charge in [-0.1, -0.05) is 6.07 Å². The molecule has 0 radical (unpaired) electrons. The van der Waals surface area contributed by atoms with Crippen LogP contribution in [0.2, 0.25) is 0 Å². The molecule has 4 rings (SSSR count). The van der Waals surface area contributed by atoms with Crippen LogP contribution in [0.1, 0.15) is 53.1 Å². The largest absolute Gasteiger partial charge is 0.459 e. The summed E-state index contributed by atoms with van der Waals surface area (Å²) in [6, 6.07) is 5.28. The topological polar surface area (TPSA) is 100 Å². The molecule has 2 heterocycles. The van der Waals surface area contributed by atoms with Crippen LogP contribution in [0, 0.1) is 0 Å². The molecule has 0 saturated carbocycles. The second kappa shape index (κ2) is 10.1. The predicted octanol–water partition coefficient (Wildman–Crippen LogP) is 4.12. The monoisotopic (exact) mass is 471 g/mol. The Kier molecular flexibility index (Phi) is 6.98. The summed E-state index contributed by atoms with van der Waals surface area (Å²) in [6.07, 6.45) is 6.23. The second-order valence-electron chi connectivity index (χ2n) is 7.97. The van der Waals surface area contributed by atoms with Gasteiger partial charge in [0.15, 0.2) is 18.1 Å². The van der Waals surface area contributed by atoms with Crippen LogP contribution in [0.5, 0.6) is 11.5 Å². The van der Waals surface area contributed by atoms with E-state index >= 15 is 0 Å². The van der Waals surface area contributed by atoms with Crippen LogP contribution in [-0.2, 0) is 31.9 Å². The first-order chi connectivity index (χ1) is 15.9. The number of ether oxygens (including phenoxy) is 4. The van der Waals surface area contributed by atoms with Crippen molar-refractivity contribution >= 4 is 40.3 Å². The van der Waals surface area contributed by atoms with Crippen molar-refractivity contribution in [3.63, 3.8) is 0 Å². The Labute approximate surface area is 195 Å². The molecule has 0 saturated heterocycles. The molecule has 1 aliphatic heterocycles. The molecule has 2 aliphatic rings. The van der Waals surface area contributed by atoms with Gasteiger partial charge < -0.3 is 24.3 Å². The van der Waals surface area contributed by atoms with Gasteiger partial charge in [0.1, 0.15) is 5.00 Å². The molecule has 1 aromatic heterocycles. The lowest BCUT2D eigenvalue weighted by molar-refractivity contribution is -0.142. The maximum absolute atomic E-state index is 12.7. The fourth-order valence-electron chi connectivity index (χ4n) is 3.67. The first kappa shape index (κ1) is 22.8. The molecule has 1 N–H and O–H groups in total. The number of benzene rings is 1. The quantitative estimate of drug-likeness (QED) is 0.479. The highest BCUT2D eigenvalue weighted by atomic mass is 32.1. The third-order valence-corrected chi connectivity index (χ3v) is 6.33. The minimum atomic E-state index is -0.660. The van der Waals surface area contributed by atoms with Crippen molar-refractivity contribution in [2.24, 2.45) is 0 Å². The minimum absolute atomic E-state index is 0.170. The van der Waals surface area contributed by atoms with E-state index in [-0.39, 0.29) is 12.9 Å². The van der Waals surface area contributed by atoms with E-state index in [9.17, 15) is 14.4 Å². The van der Waals surface area contributed by atoms with Gasteiger partial charge in [-0.2, -0.15) is 0 Å². The molecule has 174 valence electrons. The summed E-state index contributed by atoms with van der Waals surface area (Å²) in [4.78, 5) is 38.2. The van der Waals surface area contributed by atoms with Gasteiger partial charge in [0, 0.05) is 11.0 Å². The molecule has 1 aliphatic carbocycles. The fraction of sp³-hybridized carbons (Fsp3) is 0.375. The van der Waals surface area contributed by atoms with Gasteiger partial charge in [0.2, 0.25) is 6.79 Å². The zero-order valence-corrected chi connectivity index (χ0v) is 19.3. The number of hydrogen-bond acceptors (Lipinski definition) is 8. The summed E-state index contributed by atoms with van der Waals surface area (Å²) in [5, 5.41) is 3.17. The number of nitrogens with one attached hydrogen (secondary N) is 1. The zero-order chi connectivity index (χ0) is 23.4. The number of esters is 2. The molecular weight excluding hydrogens is 446 g/mol. The average Bonchev–Trinajstić information content (AvgIpc) is 3.39. The summed E-state index contributed by atoms with van der Waals surface area (Å²) in [5.41, 5.74) is 2.11. The lowest BCUT2D eigenvalue weighted by Crippen LogP contribution is -2.22. The second-order valence-corrected chi connectivity index (χ2v) is 9.08. The van der Waals surface area contributed by atoms with Crippen LogP contribution >= 0.6 is 11.3 Å². The minimum Gasteiger partial charge on any atom is -0.459 e. The number of carbonyl (C=O) groups is 3. The number of rotatable bonds is 7. The normalized spacial score (nSPS) is 14.3. The highest BCUT2D eigenvalue weighted by Crippen LogP contribution is 2.38. The number of fused-ring (bicyclic) bond motifs is 2. The standard InChI is InChI=1S/C24H25NO7S/c1-14(2)32-24(28)22-16-5-3-4-6-19(16)33-23(22)25-20(26)12-29-21(27)10-8-15-7-9-17-18(11-15)31-13-30-17/h7-11,14H,3-6,12-13H2,1-2H3,(H,25,26). The molecule has 2 aromatic rings. The van der Waals surface area contributed by atoms with Crippen molar-refractivity contribution in [3.05, 3.63) is 45.8 Å². The highest BCUT2D eigenvalue weighted by Gasteiger charge is 2.28. The zero-order valence-electron chi connectivity index (χ0n) is 18.5. The van der Waals surface area contributed by atoms with Gasteiger partial charge in [0.25, 0.3) is 5.91 Å². The van der Waals surface area contributed by atoms with Gasteiger partial charge in [0.05, 0.1) is 11.7 Å². The van der Waals surface area contributed by atoms with Crippen molar-refractivity contribution in [2.75, 3.05) is 18.7 Å². The Morgan fingerprint density at radius 2 is 1.94 bits per heavy atom. The number of thiophene rings is 1. The number of aryl methyl sites for hydroxylation is 1. The van der Waals surface area contributed by atoms with Gasteiger partial charge in [-0.15, -0.1) is 11.3 Å². The van der Waals surface area contributed by atoms with E-state index in [1.54, 1.807) is 38.1 Å². The van der Waals surface area contributed by atoms with Crippen molar-refractivity contribution in [2.45, 2.75) is 45.6 Å². The van der Waals surface area contributed by atoms with Crippen LogP contribution in [-0.4, -0.2) is 37.3 Å². The number of carbonyl (C=O) groups excluding carboxylic acids is 3.